The molecular weight excluding hydrogens is 394 g/mol. The Labute approximate surface area is 178 Å². The number of amides is 1. The summed E-state index contributed by atoms with van der Waals surface area (Å²) in [5.41, 5.74) is 2.11. The lowest BCUT2D eigenvalue weighted by atomic mass is 9.97. The van der Waals surface area contributed by atoms with Crippen molar-refractivity contribution in [3.63, 3.8) is 0 Å². The lowest BCUT2D eigenvalue weighted by molar-refractivity contribution is -0.122. The smallest absolute Gasteiger partial charge is 0.262 e. The molecule has 0 saturated carbocycles. The molecule has 1 N–H and O–H groups in total. The van der Waals surface area contributed by atoms with Gasteiger partial charge in [0.05, 0.1) is 17.8 Å². The Bertz CT molecular complexity index is 1320. The maximum atomic E-state index is 13.1. The summed E-state index contributed by atoms with van der Waals surface area (Å²) in [7, 11) is 0. The Morgan fingerprint density at radius 1 is 1.17 bits per heavy atom. The third kappa shape index (κ3) is 3.31. The summed E-state index contributed by atoms with van der Waals surface area (Å²) in [5, 5.41) is 6.03. The van der Waals surface area contributed by atoms with Crippen LogP contribution in [0.15, 0.2) is 53.6 Å². The molecule has 1 aliphatic carbocycles. The largest absolute Gasteiger partial charge is 0.348 e. The molecule has 5 rings (SSSR count). The van der Waals surface area contributed by atoms with E-state index in [9.17, 15) is 9.59 Å². The van der Waals surface area contributed by atoms with Gasteiger partial charge in [-0.3, -0.25) is 14.2 Å². The topological polar surface area (TPSA) is 64.0 Å². The van der Waals surface area contributed by atoms with Crippen LogP contribution in [0.2, 0.25) is 0 Å². The predicted molar refractivity (Wildman–Crippen MR) is 121 cm³/mol. The Hall–Kier alpha value is -2.99. The van der Waals surface area contributed by atoms with E-state index in [0.717, 1.165) is 46.0 Å². The second-order valence-electron chi connectivity index (χ2n) is 7.93. The molecule has 1 amide bonds. The van der Waals surface area contributed by atoms with E-state index in [1.54, 1.807) is 11.3 Å². The monoisotopic (exact) mass is 417 g/mol. The summed E-state index contributed by atoms with van der Waals surface area (Å²) < 4.78 is 1.44. The Kier molecular flexibility index (Phi) is 4.87. The van der Waals surface area contributed by atoms with Crippen molar-refractivity contribution in [1.29, 1.82) is 0 Å². The van der Waals surface area contributed by atoms with E-state index in [4.69, 9.17) is 0 Å². The fraction of sp³-hybridized carbons (Fsp3) is 0.292. The molecule has 1 atom stereocenters. The molecule has 30 heavy (non-hydrogen) atoms. The third-order valence-electron chi connectivity index (χ3n) is 5.92. The van der Waals surface area contributed by atoms with Crippen LogP contribution in [-0.4, -0.2) is 15.5 Å². The SMILES string of the molecule is C[C@H](NC(=O)Cn1cnc2sc3c(c2c1=O)CCCC3)c1cccc2ccccc12. The molecule has 0 radical (unpaired) electrons. The quantitative estimate of drug-likeness (QED) is 0.536. The minimum absolute atomic E-state index is 0.0263. The number of nitrogens with one attached hydrogen (secondary N) is 1. The van der Waals surface area contributed by atoms with Crippen molar-refractivity contribution >= 4 is 38.2 Å². The van der Waals surface area contributed by atoms with Gasteiger partial charge in [-0.05, 0) is 54.5 Å². The predicted octanol–water partition coefficient (Wildman–Crippen LogP) is 4.37. The first-order valence-corrected chi connectivity index (χ1v) is 11.2. The molecule has 0 saturated heterocycles. The zero-order valence-electron chi connectivity index (χ0n) is 16.9. The highest BCUT2D eigenvalue weighted by molar-refractivity contribution is 7.18. The van der Waals surface area contributed by atoms with Gasteiger partial charge < -0.3 is 5.32 Å². The molecule has 2 aromatic carbocycles. The Morgan fingerprint density at radius 3 is 2.87 bits per heavy atom. The van der Waals surface area contributed by atoms with Crippen LogP contribution >= 0.6 is 11.3 Å². The maximum absolute atomic E-state index is 13.1. The molecule has 6 heteroatoms. The van der Waals surface area contributed by atoms with E-state index >= 15 is 0 Å². The van der Waals surface area contributed by atoms with Gasteiger partial charge in [0.2, 0.25) is 5.91 Å². The van der Waals surface area contributed by atoms with E-state index in [0.29, 0.717) is 5.39 Å². The van der Waals surface area contributed by atoms with E-state index in [2.05, 4.69) is 28.5 Å². The van der Waals surface area contributed by atoms with Crippen LogP contribution in [0.3, 0.4) is 0 Å². The van der Waals surface area contributed by atoms with Crippen LogP contribution in [0.1, 0.15) is 41.8 Å². The fourth-order valence-electron chi connectivity index (χ4n) is 4.44. The third-order valence-corrected chi connectivity index (χ3v) is 7.12. The standard InChI is InChI=1S/C24H23N3O2S/c1-15(17-11-6-8-16-7-2-3-9-18(16)17)26-21(28)13-27-14-25-23-22(24(27)29)19-10-4-5-12-20(19)30-23/h2-3,6-9,11,14-15H,4-5,10,12-13H2,1H3,(H,26,28)/t15-/m0/s1. The zero-order valence-corrected chi connectivity index (χ0v) is 17.7. The summed E-state index contributed by atoms with van der Waals surface area (Å²) in [6, 6.07) is 14.1. The van der Waals surface area contributed by atoms with Crippen molar-refractivity contribution in [2.75, 3.05) is 0 Å². The van der Waals surface area contributed by atoms with E-state index < -0.39 is 0 Å². The molecular formula is C24H23N3O2S. The van der Waals surface area contributed by atoms with Crippen molar-refractivity contribution < 1.29 is 4.79 Å². The van der Waals surface area contributed by atoms with Crippen LogP contribution in [0.5, 0.6) is 0 Å². The highest BCUT2D eigenvalue weighted by atomic mass is 32.1. The number of carbonyl (C=O) groups excluding carboxylic acids is 1. The van der Waals surface area contributed by atoms with Gasteiger partial charge >= 0.3 is 0 Å². The number of thiophene rings is 1. The number of nitrogens with zero attached hydrogens (tertiary/aromatic N) is 2. The van der Waals surface area contributed by atoms with Crippen LogP contribution in [0, 0.1) is 0 Å². The highest BCUT2D eigenvalue weighted by Gasteiger charge is 2.21. The fourth-order valence-corrected chi connectivity index (χ4v) is 5.66. The van der Waals surface area contributed by atoms with Gasteiger partial charge in [-0.2, -0.15) is 0 Å². The second kappa shape index (κ2) is 7.69. The van der Waals surface area contributed by atoms with Gasteiger partial charge in [-0.1, -0.05) is 42.5 Å². The van der Waals surface area contributed by atoms with Gasteiger partial charge in [0, 0.05) is 4.88 Å². The summed E-state index contributed by atoms with van der Waals surface area (Å²) in [4.78, 5) is 32.4. The number of aryl methyl sites for hydroxylation is 2. The molecule has 2 heterocycles. The number of hydrogen-bond donors (Lipinski definition) is 1. The maximum Gasteiger partial charge on any atom is 0.262 e. The normalized spacial score (nSPS) is 14.6. The summed E-state index contributed by atoms with van der Waals surface area (Å²) in [5.74, 6) is -0.192. The molecule has 0 aliphatic heterocycles. The molecule has 152 valence electrons. The molecule has 5 nitrogen and oxygen atoms in total. The van der Waals surface area contributed by atoms with Gasteiger partial charge in [0.1, 0.15) is 11.4 Å². The van der Waals surface area contributed by atoms with Crippen molar-refractivity contribution in [2.24, 2.45) is 0 Å². The minimum atomic E-state index is -0.192. The zero-order chi connectivity index (χ0) is 20.7. The van der Waals surface area contributed by atoms with Gasteiger partial charge in [-0.25, -0.2) is 4.98 Å². The highest BCUT2D eigenvalue weighted by Crippen LogP contribution is 2.33. The number of carbonyl (C=O) groups is 1. The van der Waals surface area contributed by atoms with Crippen LogP contribution in [-0.2, 0) is 24.2 Å². The average molecular weight is 418 g/mol. The van der Waals surface area contributed by atoms with Gasteiger partial charge in [-0.15, -0.1) is 11.3 Å². The minimum Gasteiger partial charge on any atom is -0.348 e. The Balaban J connectivity index is 1.39. The van der Waals surface area contributed by atoms with Gasteiger partial charge in [0.25, 0.3) is 5.56 Å². The molecule has 0 unspecified atom stereocenters. The van der Waals surface area contributed by atoms with E-state index in [1.807, 2.05) is 31.2 Å². The van der Waals surface area contributed by atoms with Crippen molar-refractivity contribution in [1.82, 2.24) is 14.9 Å². The first kappa shape index (κ1) is 19.0. The average Bonchev–Trinajstić information content (AvgIpc) is 3.14. The number of fused-ring (bicyclic) bond motifs is 4. The first-order valence-electron chi connectivity index (χ1n) is 10.4. The second-order valence-corrected chi connectivity index (χ2v) is 9.01. The number of rotatable bonds is 4. The van der Waals surface area contributed by atoms with Crippen molar-refractivity contribution in [2.45, 2.75) is 45.2 Å². The first-order chi connectivity index (χ1) is 14.6. The van der Waals surface area contributed by atoms with Gasteiger partial charge in [0.15, 0.2) is 0 Å². The summed E-state index contributed by atoms with van der Waals surface area (Å²) >= 11 is 1.63. The van der Waals surface area contributed by atoms with E-state index in [1.165, 1.54) is 22.2 Å². The lowest BCUT2D eigenvalue weighted by Crippen LogP contribution is -2.34. The molecule has 1 aliphatic rings. The van der Waals surface area contributed by atoms with Crippen molar-refractivity contribution in [3.05, 3.63) is 75.1 Å². The molecule has 4 aromatic rings. The number of hydrogen-bond acceptors (Lipinski definition) is 4. The van der Waals surface area contributed by atoms with Crippen LogP contribution < -0.4 is 10.9 Å². The summed E-state index contributed by atoms with van der Waals surface area (Å²) in [6.07, 6.45) is 5.74. The molecule has 0 fully saturated rings. The number of aromatic nitrogens is 2. The van der Waals surface area contributed by atoms with E-state index in [-0.39, 0.29) is 24.1 Å². The summed E-state index contributed by atoms with van der Waals surface area (Å²) in [6.45, 7) is 1.95. The molecule has 0 bridgehead atoms. The molecule has 2 aromatic heterocycles. The van der Waals surface area contributed by atoms with Crippen LogP contribution in [0.4, 0.5) is 0 Å². The van der Waals surface area contributed by atoms with Crippen LogP contribution in [0.25, 0.3) is 21.0 Å². The lowest BCUT2D eigenvalue weighted by Gasteiger charge is -2.17. The molecule has 0 spiro atoms. The van der Waals surface area contributed by atoms with Crippen molar-refractivity contribution in [3.8, 4) is 0 Å². The Morgan fingerprint density at radius 2 is 1.97 bits per heavy atom. The number of benzene rings is 2.